The molecule has 3 rings (SSSR count). The van der Waals surface area contributed by atoms with Crippen LogP contribution in [0.1, 0.15) is 25.3 Å². The lowest BCUT2D eigenvalue weighted by molar-refractivity contribution is 0.795. The second-order valence-electron chi connectivity index (χ2n) is 5.46. The number of aromatic nitrogens is 3. The van der Waals surface area contributed by atoms with Gasteiger partial charge in [0.25, 0.3) is 0 Å². The molecule has 0 aliphatic heterocycles. The molecule has 5 heteroatoms. The monoisotopic (exact) mass is 343 g/mol. The van der Waals surface area contributed by atoms with Crippen LogP contribution in [0.2, 0.25) is 5.02 Å². The van der Waals surface area contributed by atoms with Crippen molar-refractivity contribution < 1.29 is 0 Å². The molecule has 3 nitrogen and oxygen atoms in total. The molecule has 0 bridgehead atoms. The van der Waals surface area contributed by atoms with Gasteiger partial charge in [-0.2, -0.15) is 5.10 Å². The Labute approximate surface area is 145 Å². The van der Waals surface area contributed by atoms with E-state index in [-0.39, 0.29) is 0 Å². The van der Waals surface area contributed by atoms with Gasteiger partial charge >= 0.3 is 0 Å². The van der Waals surface area contributed by atoms with E-state index in [0.29, 0.717) is 9.79 Å². The molecule has 0 amide bonds. The molecule has 0 aliphatic rings. The minimum atomic E-state index is 0.580. The van der Waals surface area contributed by atoms with Crippen LogP contribution in [0.4, 0.5) is 0 Å². The van der Waals surface area contributed by atoms with E-state index < -0.39 is 0 Å². The Morgan fingerprint density at radius 3 is 2.43 bits per heavy atom. The third-order valence-corrected chi connectivity index (χ3v) is 4.31. The molecular weight excluding hydrogens is 326 g/mol. The van der Waals surface area contributed by atoms with Gasteiger partial charge in [-0.25, -0.2) is 0 Å². The number of benzene rings is 2. The lowest BCUT2D eigenvalue weighted by Crippen LogP contribution is -1.98. The first kappa shape index (κ1) is 16.0. The topological polar surface area (TPSA) is 33.6 Å². The second-order valence-corrected chi connectivity index (χ2v) is 6.29. The predicted octanol–water partition coefficient (Wildman–Crippen LogP) is 5.59. The van der Waals surface area contributed by atoms with Crippen molar-refractivity contribution in [3.05, 3.63) is 63.9 Å². The minimum Gasteiger partial charge on any atom is -0.268 e. The highest BCUT2D eigenvalue weighted by Crippen LogP contribution is 2.23. The average Bonchev–Trinajstić information content (AvgIpc) is 2.96. The quantitative estimate of drug-likeness (QED) is 0.612. The zero-order chi connectivity index (χ0) is 16.2. The van der Waals surface area contributed by atoms with Crippen LogP contribution >= 0.6 is 23.8 Å². The molecule has 1 heterocycles. The van der Waals surface area contributed by atoms with Crippen LogP contribution < -0.4 is 0 Å². The van der Waals surface area contributed by atoms with Crippen molar-refractivity contribution in [3.63, 3.8) is 0 Å². The molecule has 1 N–H and O–H groups in total. The Morgan fingerprint density at radius 2 is 1.78 bits per heavy atom. The van der Waals surface area contributed by atoms with Gasteiger partial charge < -0.3 is 0 Å². The number of hydrogen-bond donors (Lipinski definition) is 1. The third kappa shape index (κ3) is 3.54. The van der Waals surface area contributed by atoms with Crippen molar-refractivity contribution in [2.24, 2.45) is 0 Å². The number of nitrogens with zero attached hydrogens (tertiary/aromatic N) is 2. The number of hydrogen-bond acceptors (Lipinski definition) is 2. The van der Waals surface area contributed by atoms with Crippen LogP contribution in [-0.2, 0) is 6.42 Å². The van der Waals surface area contributed by atoms with Crippen LogP contribution in [0.25, 0.3) is 17.1 Å². The van der Waals surface area contributed by atoms with Crippen LogP contribution in [-0.4, -0.2) is 14.8 Å². The van der Waals surface area contributed by atoms with Gasteiger partial charge in [0.15, 0.2) is 10.6 Å². The zero-order valence-corrected chi connectivity index (χ0v) is 14.5. The summed E-state index contributed by atoms with van der Waals surface area (Å²) in [6, 6.07) is 16.1. The first-order valence-corrected chi connectivity index (χ1v) is 8.50. The maximum absolute atomic E-state index is 5.96. The fraction of sp³-hybridized carbons (Fsp3) is 0.222. The van der Waals surface area contributed by atoms with Gasteiger partial charge in [-0.3, -0.25) is 9.67 Å². The number of rotatable bonds is 5. The molecule has 0 spiro atoms. The van der Waals surface area contributed by atoms with Crippen LogP contribution in [0.3, 0.4) is 0 Å². The summed E-state index contributed by atoms with van der Waals surface area (Å²) < 4.78 is 2.53. The molecule has 0 fully saturated rings. The summed E-state index contributed by atoms with van der Waals surface area (Å²) in [6.45, 7) is 2.21. The van der Waals surface area contributed by atoms with E-state index in [4.69, 9.17) is 23.8 Å². The Bertz CT molecular complexity index is 832. The standard InChI is InChI=1S/C18H18ClN3S/c1-2-3-4-13-5-11-16(12-6-13)22-17(20-21-18(22)23)14-7-9-15(19)10-8-14/h5-12H,2-4H2,1H3,(H,21,23). The van der Waals surface area contributed by atoms with Gasteiger partial charge in [-0.15, -0.1) is 0 Å². The maximum Gasteiger partial charge on any atom is 0.200 e. The van der Waals surface area contributed by atoms with Crippen molar-refractivity contribution in [2.75, 3.05) is 0 Å². The first-order valence-electron chi connectivity index (χ1n) is 7.71. The van der Waals surface area contributed by atoms with Gasteiger partial charge in [-0.05, 0) is 67.0 Å². The normalized spacial score (nSPS) is 10.9. The van der Waals surface area contributed by atoms with E-state index in [0.717, 1.165) is 23.5 Å². The number of nitrogens with one attached hydrogen (secondary N) is 1. The zero-order valence-electron chi connectivity index (χ0n) is 12.9. The molecule has 2 aromatic carbocycles. The van der Waals surface area contributed by atoms with E-state index in [1.165, 1.54) is 18.4 Å². The molecule has 0 unspecified atom stereocenters. The molecular formula is C18H18ClN3S. The van der Waals surface area contributed by atoms with Crippen molar-refractivity contribution in [1.82, 2.24) is 14.8 Å². The summed E-state index contributed by atoms with van der Waals surface area (Å²) in [7, 11) is 0. The molecule has 0 radical (unpaired) electrons. The van der Waals surface area contributed by atoms with Crippen LogP contribution in [0, 0.1) is 4.77 Å². The molecule has 0 saturated carbocycles. The van der Waals surface area contributed by atoms with E-state index in [1.54, 1.807) is 0 Å². The lowest BCUT2D eigenvalue weighted by atomic mass is 10.1. The number of aromatic amines is 1. The summed E-state index contributed by atoms with van der Waals surface area (Å²) >= 11 is 11.4. The van der Waals surface area contributed by atoms with Gasteiger partial charge in [0.1, 0.15) is 0 Å². The molecule has 3 aromatic rings. The Morgan fingerprint density at radius 1 is 1.09 bits per heavy atom. The molecule has 0 atom stereocenters. The molecule has 1 aromatic heterocycles. The number of aryl methyl sites for hydroxylation is 1. The second kappa shape index (κ2) is 7.11. The molecule has 0 aliphatic carbocycles. The van der Waals surface area contributed by atoms with Crippen molar-refractivity contribution in [1.29, 1.82) is 0 Å². The first-order chi connectivity index (χ1) is 11.2. The summed E-state index contributed by atoms with van der Waals surface area (Å²) in [6.07, 6.45) is 3.52. The summed E-state index contributed by atoms with van der Waals surface area (Å²) in [5.41, 5.74) is 3.32. The Balaban J connectivity index is 1.98. The van der Waals surface area contributed by atoms with Gasteiger partial charge in [0.05, 0.1) is 0 Å². The number of unbranched alkanes of at least 4 members (excludes halogenated alkanes) is 1. The smallest absolute Gasteiger partial charge is 0.200 e. The van der Waals surface area contributed by atoms with E-state index in [9.17, 15) is 0 Å². The summed E-state index contributed by atoms with van der Waals surface area (Å²) in [5, 5.41) is 7.95. The van der Waals surface area contributed by atoms with Gasteiger partial charge in [-0.1, -0.05) is 37.1 Å². The highest BCUT2D eigenvalue weighted by atomic mass is 35.5. The average molecular weight is 344 g/mol. The van der Waals surface area contributed by atoms with Crippen molar-refractivity contribution in [2.45, 2.75) is 26.2 Å². The largest absolute Gasteiger partial charge is 0.268 e. The van der Waals surface area contributed by atoms with Gasteiger partial charge in [0.2, 0.25) is 0 Å². The third-order valence-electron chi connectivity index (χ3n) is 3.79. The number of halogens is 1. The van der Waals surface area contributed by atoms with E-state index >= 15 is 0 Å². The molecule has 23 heavy (non-hydrogen) atoms. The molecule has 118 valence electrons. The summed E-state index contributed by atoms with van der Waals surface area (Å²) in [4.78, 5) is 0. The van der Waals surface area contributed by atoms with E-state index in [2.05, 4.69) is 41.4 Å². The van der Waals surface area contributed by atoms with Crippen molar-refractivity contribution in [3.8, 4) is 17.1 Å². The molecule has 0 saturated heterocycles. The maximum atomic E-state index is 5.96. The van der Waals surface area contributed by atoms with Crippen LogP contribution in [0.5, 0.6) is 0 Å². The Kier molecular flexibility index (Phi) is 4.94. The van der Waals surface area contributed by atoms with Gasteiger partial charge in [0, 0.05) is 16.3 Å². The highest BCUT2D eigenvalue weighted by molar-refractivity contribution is 7.71. The minimum absolute atomic E-state index is 0.580. The highest BCUT2D eigenvalue weighted by Gasteiger charge is 2.10. The SMILES string of the molecule is CCCCc1ccc(-n2c(-c3ccc(Cl)cc3)n[nH]c2=S)cc1. The van der Waals surface area contributed by atoms with Crippen LogP contribution in [0.15, 0.2) is 48.5 Å². The lowest BCUT2D eigenvalue weighted by Gasteiger charge is -2.08. The fourth-order valence-corrected chi connectivity index (χ4v) is 2.89. The summed E-state index contributed by atoms with van der Waals surface area (Å²) in [5.74, 6) is 0.785. The van der Waals surface area contributed by atoms with E-state index in [1.807, 2.05) is 28.8 Å². The number of H-pyrrole nitrogens is 1. The predicted molar refractivity (Wildman–Crippen MR) is 97.8 cm³/mol. The Hall–Kier alpha value is -1.91. The fourth-order valence-electron chi connectivity index (χ4n) is 2.52. The van der Waals surface area contributed by atoms with Crippen molar-refractivity contribution >= 4 is 23.8 Å².